The van der Waals surface area contributed by atoms with E-state index in [4.69, 9.17) is 32.7 Å². The van der Waals surface area contributed by atoms with Crippen molar-refractivity contribution < 1.29 is 19.1 Å². The van der Waals surface area contributed by atoms with E-state index in [0.29, 0.717) is 32.6 Å². The fourth-order valence-corrected chi connectivity index (χ4v) is 3.61. The molecule has 9 heteroatoms. The molecular formula is C27H29Cl2N3O4. The third kappa shape index (κ3) is 7.18. The molecule has 0 saturated carbocycles. The minimum Gasteiger partial charge on any atom is -0.428 e. The first-order valence-electron chi connectivity index (χ1n) is 11.7. The molecule has 190 valence electrons. The summed E-state index contributed by atoms with van der Waals surface area (Å²) in [5, 5.41) is 4.04. The fourth-order valence-electron chi connectivity index (χ4n) is 3.35. The Labute approximate surface area is 221 Å². The number of rotatable bonds is 7. The molecule has 1 heterocycles. The van der Waals surface area contributed by atoms with Crippen LogP contribution in [0.5, 0.6) is 5.88 Å². The number of halogens is 2. The number of nitrogens with zero attached hydrogens (tertiary/aromatic N) is 2. The Kier molecular flexibility index (Phi) is 8.93. The predicted molar refractivity (Wildman–Crippen MR) is 142 cm³/mol. The van der Waals surface area contributed by atoms with Gasteiger partial charge in [0, 0.05) is 27.2 Å². The summed E-state index contributed by atoms with van der Waals surface area (Å²) in [4.78, 5) is 35.1. The van der Waals surface area contributed by atoms with E-state index in [-0.39, 0.29) is 17.6 Å². The number of benzene rings is 2. The van der Waals surface area contributed by atoms with Gasteiger partial charge in [0.15, 0.2) is 5.69 Å². The molecule has 3 aromatic rings. The van der Waals surface area contributed by atoms with Gasteiger partial charge < -0.3 is 14.8 Å². The molecule has 2 aromatic carbocycles. The number of hydrogen-bond acceptors (Lipinski definition) is 6. The Morgan fingerprint density at radius 1 is 0.861 bits per heavy atom. The highest BCUT2D eigenvalue weighted by molar-refractivity contribution is 6.31. The van der Waals surface area contributed by atoms with Crippen LogP contribution in [0.2, 0.25) is 10.0 Å². The van der Waals surface area contributed by atoms with E-state index in [1.165, 1.54) is 0 Å². The predicted octanol–water partition coefficient (Wildman–Crippen LogP) is 7.35. The van der Waals surface area contributed by atoms with E-state index in [1.54, 1.807) is 69.3 Å². The number of hydrogen-bond donors (Lipinski definition) is 1. The zero-order chi connectivity index (χ0) is 26.5. The third-order valence-corrected chi connectivity index (χ3v) is 5.71. The first-order valence-corrected chi connectivity index (χ1v) is 12.4. The van der Waals surface area contributed by atoms with Crippen LogP contribution in [-0.2, 0) is 4.74 Å². The average Bonchev–Trinajstić information content (AvgIpc) is 2.82. The van der Waals surface area contributed by atoms with Gasteiger partial charge in [0.05, 0.1) is 5.69 Å². The summed E-state index contributed by atoms with van der Waals surface area (Å²) < 4.78 is 10.7. The molecule has 1 amide bonds. The van der Waals surface area contributed by atoms with Crippen molar-refractivity contribution >= 4 is 35.3 Å². The Hall–Kier alpha value is -3.16. The molecule has 0 spiro atoms. The van der Waals surface area contributed by atoms with Crippen LogP contribution in [-0.4, -0.2) is 33.7 Å². The summed E-state index contributed by atoms with van der Waals surface area (Å²) in [5.41, 5.74) is 1.22. The van der Waals surface area contributed by atoms with Gasteiger partial charge >= 0.3 is 6.16 Å². The zero-order valence-electron chi connectivity index (χ0n) is 20.9. The number of ether oxygens (including phenoxy) is 2. The Bertz CT molecular complexity index is 1220. The maximum absolute atomic E-state index is 13.3. The van der Waals surface area contributed by atoms with E-state index >= 15 is 0 Å². The molecule has 3 rings (SSSR count). The second-order valence-electron chi connectivity index (χ2n) is 9.14. The molecule has 36 heavy (non-hydrogen) atoms. The largest absolute Gasteiger partial charge is 0.515 e. The fraction of sp³-hybridized carbons (Fsp3) is 0.333. The summed E-state index contributed by atoms with van der Waals surface area (Å²) in [6, 6.07) is 13.9. The van der Waals surface area contributed by atoms with Crippen LogP contribution in [0.4, 0.5) is 4.79 Å². The zero-order valence-corrected chi connectivity index (χ0v) is 22.4. The van der Waals surface area contributed by atoms with Gasteiger partial charge in [-0.25, -0.2) is 14.8 Å². The molecule has 0 fully saturated rings. The quantitative estimate of drug-likeness (QED) is 0.321. The van der Waals surface area contributed by atoms with Gasteiger partial charge in [-0.05, 0) is 57.9 Å². The van der Waals surface area contributed by atoms with Gasteiger partial charge in [-0.1, -0.05) is 61.3 Å². The van der Waals surface area contributed by atoms with Gasteiger partial charge in [-0.15, -0.1) is 0 Å². The number of carbonyl (C=O) groups excluding carboxylic acids is 2. The van der Waals surface area contributed by atoms with Crippen molar-refractivity contribution in [1.82, 2.24) is 15.3 Å². The number of aromatic nitrogens is 2. The minimum atomic E-state index is -0.991. The molecule has 0 aliphatic heterocycles. The average molecular weight is 530 g/mol. The lowest BCUT2D eigenvalue weighted by Gasteiger charge is -2.20. The second kappa shape index (κ2) is 11.7. The summed E-state index contributed by atoms with van der Waals surface area (Å²) in [7, 11) is 0. The van der Waals surface area contributed by atoms with E-state index in [1.807, 2.05) is 13.8 Å². The van der Waals surface area contributed by atoms with Crippen molar-refractivity contribution in [2.24, 2.45) is 0 Å². The van der Waals surface area contributed by atoms with E-state index in [0.717, 1.165) is 12.8 Å². The first kappa shape index (κ1) is 27.4. The Morgan fingerprint density at radius 2 is 1.33 bits per heavy atom. The van der Waals surface area contributed by atoms with Gasteiger partial charge in [-0.2, -0.15) is 0 Å². The summed E-state index contributed by atoms with van der Waals surface area (Å²) in [6.07, 6.45) is 0.463. The molecule has 0 aliphatic rings. The Balaban J connectivity index is 2.21. The molecule has 0 saturated heterocycles. The van der Waals surface area contributed by atoms with Crippen molar-refractivity contribution in [2.75, 3.05) is 0 Å². The van der Waals surface area contributed by atoms with Crippen molar-refractivity contribution in [1.29, 1.82) is 0 Å². The molecule has 7 nitrogen and oxygen atoms in total. The first-order chi connectivity index (χ1) is 17.0. The van der Waals surface area contributed by atoms with Crippen molar-refractivity contribution in [2.45, 2.75) is 59.1 Å². The van der Waals surface area contributed by atoms with Gasteiger partial charge in [0.2, 0.25) is 0 Å². The highest BCUT2D eigenvalue weighted by Gasteiger charge is 2.27. The molecule has 1 N–H and O–H groups in total. The number of carbonyl (C=O) groups is 2. The van der Waals surface area contributed by atoms with Crippen LogP contribution < -0.4 is 10.1 Å². The van der Waals surface area contributed by atoms with E-state index < -0.39 is 17.7 Å². The van der Waals surface area contributed by atoms with Crippen molar-refractivity contribution in [3.63, 3.8) is 0 Å². The van der Waals surface area contributed by atoms with Gasteiger partial charge in [0.1, 0.15) is 11.3 Å². The highest BCUT2D eigenvalue weighted by Crippen LogP contribution is 2.34. The SMILES string of the molecule is CCC(CC)NC(=O)c1nc(-c2ccc(Cl)cc2)c(-c2ccc(Cl)cc2)nc1OC(=O)OC(C)(C)C. The lowest BCUT2D eigenvalue weighted by molar-refractivity contribution is 0.0195. The molecule has 0 aliphatic carbocycles. The molecule has 0 atom stereocenters. The third-order valence-electron chi connectivity index (χ3n) is 5.20. The molecule has 0 bridgehead atoms. The highest BCUT2D eigenvalue weighted by atomic mass is 35.5. The van der Waals surface area contributed by atoms with Crippen LogP contribution in [0.3, 0.4) is 0 Å². The Morgan fingerprint density at radius 3 is 1.78 bits per heavy atom. The van der Waals surface area contributed by atoms with E-state index in [9.17, 15) is 9.59 Å². The minimum absolute atomic E-state index is 0.0800. The lowest BCUT2D eigenvalue weighted by Crippen LogP contribution is -2.35. The summed E-state index contributed by atoms with van der Waals surface area (Å²) in [5.74, 6) is -0.761. The van der Waals surface area contributed by atoms with Gasteiger partial charge in [-0.3, -0.25) is 4.79 Å². The maximum atomic E-state index is 13.3. The van der Waals surface area contributed by atoms with Crippen LogP contribution in [0.25, 0.3) is 22.5 Å². The molecular weight excluding hydrogens is 501 g/mol. The molecule has 0 unspecified atom stereocenters. The van der Waals surface area contributed by atoms with Crippen molar-refractivity contribution in [3.05, 3.63) is 64.3 Å². The molecule has 1 aromatic heterocycles. The number of amides is 1. The topological polar surface area (TPSA) is 90.4 Å². The number of nitrogens with one attached hydrogen (secondary N) is 1. The summed E-state index contributed by atoms with van der Waals surface area (Å²) in [6.45, 7) is 9.08. The maximum Gasteiger partial charge on any atom is 0.515 e. The van der Waals surface area contributed by atoms with Crippen LogP contribution >= 0.6 is 23.2 Å². The van der Waals surface area contributed by atoms with Gasteiger partial charge in [0.25, 0.3) is 11.8 Å². The smallest absolute Gasteiger partial charge is 0.428 e. The second-order valence-corrected chi connectivity index (χ2v) is 10.0. The standard InChI is InChI=1S/C27H29Cl2N3O4/c1-6-20(7-2)30-24(33)23-25(35-26(34)36-27(3,4)5)32-22(17-10-14-19(29)15-11-17)21(31-23)16-8-12-18(28)13-9-16/h8-15,20H,6-7H2,1-5H3,(H,30,33). The lowest BCUT2D eigenvalue weighted by atomic mass is 10.0. The normalized spacial score (nSPS) is 11.3. The van der Waals surface area contributed by atoms with Crippen molar-refractivity contribution in [3.8, 4) is 28.4 Å². The van der Waals surface area contributed by atoms with Crippen LogP contribution in [0.15, 0.2) is 48.5 Å². The monoisotopic (exact) mass is 529 g/mol. The molecule has 0 radical (unpaired) electrons. The van der Waals surface area contributed by atoms with Crippen LogP contribution in [0.1, 0.15) is 57.9 Å². The van der Waals surface area contributed by atoms with Crippen LogP contribution in [0, 0.1) is 0 Å². The van der Waals surface area contributed by atoms with E-state index in [2.05, 4.69) is 15.3 Å². The summed E-state index contributed by atoms with van der Waals surface area (Å²) >= 11 is 12.2.